The Balaban J connectivity index is 1.31. The van der Waals surface area contributed by atoms with Crippen LogP contribution >= 0.6 is 23.2 Å². The molecule has 0 unspecified atom stereocenters. The van der Waals surface area contributed by atoms with Crippen LogP contribution < -0.4 is 9.21 Å². The Morgan fingerprint density at radius 1 is 0.844 bits per heavy atom. The maximum absolute atomic E-state index is 13.6. The predicted octanol–water partition coefficient (Wildman–Crippen LogP) is 6.27. The number of anilines is 2. The van der Waals surface area contributed by atoms with Crippen molar-refractivity contribution >= 4 is 62.7 Å². The summed E-state index contributed by atoms with van der Waals surface area (Å²) in [4.78, 5) is 27.3. The number of sulfonamides is 1. The number of rotatable bonds is 17. The van der Waals surface area contributed by atoms with Gasteiger partial charge in [-0.25, -0.2) is 22.7 Å². The molecule has 3 aromatic carbocycles. The minimum absolute atomic E-state index is 0.0150. The van der Waals surface area contributed by atoms with Crippen LogP contribution in [0.3, 0.4) is 0 Å². The number of aryl methyl sites for hydroxylation is 1. The Morgan fingerprint density at radius 3 is 2.16 bits per heavy atom. The van der Waals surface area contributed by atoms with Gasteiger partial charge in [0.2, 0.25) is 5.95 Å². The van der Waals surface area contributed by atoms with E-state index in [1.807, 2.05) is 54.6 Å². The first-order chi connectivity index (χ1) is 21.9. The fourth-order valence-corrected chi connectivity index (χ4v) is 6.23. The van der Waals surface area contributed by atoms with E-state index in [-0.39, 0.29) is 30.4 Å². The van der Waals surface area contributed by atoms with Gasteiger partial charge in [-0.05, 0) is 66.4 Å². The zero-order chi connectivity index (χ0) is 31.9. The maximum atomic E-state index is 13.6. The second-order valence-corrected chi connectivity index (χ2v) is 12.5. The Hall–Kier alpha value is -3.99. The summed E-state index contributed by atoms with van der Waals surface area (Å²) in [6.45, 7) is 1.13. The molecule has 0 amide bonds. The number of carbonyl (C=O) groups is 1. The Bertz CT molecular complexity index is 1600. The van der Waals surface area contributed by atoms with Gasteiger partial charge in [0.1, 0.15) is 6.61 Å². The third kappa shape index (κ3) is 10.3. The number of carbonyl (C=O) groups excluding carboxylic acids is 1. The molecule has 0 atom stereocenters. The van der Waals surface area contributed by atoms with Crippen molar-refractivity contribution in [3.8, 4) is 0 Å². The molecule has 1 aromatic heterocycles. The van der Waals surface area contributed by atoms with Crippen molar-refractivity contribution in [3.63, 3.8) is 0 Å². The molecule has 4 aromatic rings. The number of halogens is 2. The molecule has 236 valence electrons. The van der Waals surface area contributed by atoms with Gasteiger partial charge in [0.25, 0.3) is 10.0 Å². The number of benzene rings is 3. The van der Waals surface area contributed by atoms with Crippen molar-refractivity contribution in [1.82, 2.24) is 9.97 Å². The van der Waals surface area contributed by atoms with Crippen LogP contribution in [0.5, 0.6) is 0 Å². The SMILES string of the molecule is O=C(CCCc1ccc(N(CCCl)CCCl)cc1)OCCN(c1ncccn1)S(=O)(=O)c1ccc(N=Cc2ccccc2)cc1. The monoisotopic (exact) mass is 667 g/mol. The fourth-order valence-electron chi connectivity index (χ4n) is 4.47. The predicted molar refractivity (Wildman–Crippen MR) is 181 cm³/mol. The molecule has 0 aliphatic heterocycles. The lowest BCUT2D eigenvalue weighted by Crippen LogP contribution is -2.35. The Labute approximate surface area is 274 Å². The van der Waals surface area contributed by atoms with Gasteiger partial charge in [0.15, 0.2) is 0 Å². The highest BCUT2D eigenvalue weighted by atomic mass is 35.5. The summed E-state index contributed by atoms with van der Waals surface area (Å²) in [5.74, 6) is 0.606. The smallest absolute Gasteiger partial charge is 0.305 e. The number of aliphatic imine (C=N–C) groups is 1. The Morgan fingerprint density at radius 2 is 1.51 bits per heavy atom. The molecule has 12 heteroatoms. The molecule has 0 spiro atoms. The van der Waals surface area contributed by atoms with Gasteiger partial charge < -0.3 is 9.64 Å². The van der Waals surface area contributed by atoms with Crippen LogP contribution in [0.15, 0.2) is 107 Å². The lowest BCUT2D eigenvalue weighted by atomic mass is 10.1. The van der Waals surface area contributed by atoms with Gasteiger partial charge >= 0.3 is 5.97 Å². The highest BCUT2D eigenvalue weighted by molar-refractivity contribution is 7.92. The molecule has 0 bridgehead atoms. The minimum Gasteiger partial charge on any atom is -0.464 e. The molecule has 0 aliphatic carbocycles. The molecule has 0 saturated heterocycles. The lowest BCUT2D eigenvalue weighted by Gasteiger charge is -2.23. The first-order valence-corrected chi connectivity index (χ1v) is 17.0. The van der Waals surface area contributed by atoms with Crippen LogP contribution in [0.2, 0.25) is 0 Å². The van der Waals surface area contributed by atoms with Gasteiger partial charge in [-0.2, -0.15) is 0 Å². The molecule has 0 saturated carbocycles. The molecule has 45 heavy (non-hydrogen) atoms. The summed E-state index contributed by atoms with van der Waals surface area (Å²) in [6.07, 6.45) is 6.11. The zero-order valence-electron chi connectivity index (χ0n) is 24.7. The molecular weight excluding hydrogens is 633 g/mol. The number of alkyl halides is 2. The number of esters is 1. The summed E-state index contributed by atoms with van der Waals surface area (Å²) in [7, 11) is -4.06. The van der Waals surface area contributed by atoms with Crippen LogP contribution in [0, 0.1) is 0 Å². The average Bonchev–Trinajstić information content (AvgIpc) is 3.07. The normalized spacial score (nSPS) is 11.4. The second-order valence-electron chi connectivity index (χ2n) is 9.89. The van der Waals surface area contributed by atoms with Crippen molar-refractivity contribution in [2.75, 3.05) is 47.2 Å². The van der Waals surface area contributed by atoms with Crippen molar-refractivity contribution in [2.24, 2.45) is 4.99 Å². The lowest BCUT2D eigenvalue weighted by molar-refractivity contribution is -0.143. The van der Waals surface area contributed by atoms with E-state index < -0.39 is 16.0 Å². The molecule has 9 nitrogen and oxygen atoms in total. The number of aromatic nitrogens is 2. The van der Waals surface area contributed by atoms with Crippen LogP contribution in [0.1, 0.15) is 24.0 Å². The summed E-state index contributed by atoms with van der Waals surface area (Å²) in [5, 5.41) is 0. The van der Waals surface area contributed by atoms with Crippen molar-refractivity contribution in [3.05, 3.63) is 108 Å². The van der Waals surface area contributed by atoms with E-state index in [2.05, 4.69) is 19.9 Å². The molecule has 1 heterocycles. The summed E-state index contributed by atoms with van der Waals surface area (Å²) >= 11 is 11.8. The molecular formula is C33H35Cl2N5O4S. The van der Waals surface area contributed by atoms with Gasteiger partial charge in [-0.3, -0.25) is 9.79 Å². The van der Waals surface area contributed by atoms with E-state index in [1.54, 1.807) is 24.4 Å². The average molecular weight is 669 g/mol. The van der Waals surface area contributed by atoms with E-state index in [1.165, 1.54) is 24.5 Å². The standard InChI is InChI=1S/C33H35Cl2N5O4S/c34-18-22-39(23-19-35)30-14-10-27(11-15-30)8-4-9-32(41)44-25-24-40(33-36-20-5-21-37-33)45(42,43)31-16-12-29(13-17-31)38-26-28-6-2-1-3-7-28/h1-3,5-7,10-17,20-21,26H,4,8-9,18-19,22-25H2. The highest BCUT2D eigenvalue weighted by Crippen LogP contribution is 2.23. The van der Waals surface area contributed by atoms with Crippen LogP contribution in [0.25, 0.3) is 0 Å². The molecule has 0 N–H and O–H groups in total. The van der Waals surface area contributed by atoms with E-state index in [4.69, 9.17) is 27.9 Å². The van der Waals surface area contributed by atoms with Crippen molar-refractivity contribution < 1.29 is 17.9 Å². The fraction of sp³-hybridized carbons (Fsp3) is 0.273. The van der Waals surface area contributed by atoms with E-state index in [0.717, 1.165) is 21.1 Å². The molecule has 0 radical (unpaired) electrons. The summed E-state index contributed by atoms with van der Waals surface area (Å²) < 4.78 is 33.7. The topological polar surface area (TPSA) is 105 Å². The van der Waals surface area contributed by atoms with Crippen LogP contribution in [-0.2, 0) is 26.0 Å². The van der Waals surface area contributed by atoms with Gasteiger partial charge in [-0.15, -0.1) is 23.2 Å². The van der Waals surface area contributed by atoms with Crippen molar-refractivity contribution in [2.45, 2.75) is 24.2 Å². The molecule has 0 aliphatic rings. The quantitative estimate of drug-likeness (QED) is 0.0742. The third-order valence-corrected chi connectivity index (χ3v) is 8.91. The van der Waals surface area contributed by atoms with E-state index in [0.29, 0.717) is 43.4 Å². The Kier molecular flexibility index (Phi) is 13.2. The number of hydrogen-bond donors (Lipinski definition) is 0. The molecule has 0 fully saturated rings. The van der Waals surface area contributed by atoms with Gasteiger partial charge in [0, 0.05) is 55.6 Å². The third-order valence-electron chi connectivity index (χ3n) is 6.78. The van der Waals surface area contributed by atoms with Gasteiger partial charge in [0.05, 0.1) is 17.1 Å². The highest BCUT2D eigenvalue weighted by Gasteiger charge is 2.27. The van der Waals surface area contributed by atoms with E-state index >= 15 is 0 Å². The number of ether oxygens (including phenoxy) is 1. The van der Waals surface area contributed by atoms with E-state index in [9.17, 15) is 13.2 Å². The first-order valence-electron chi connectivity index (χ1n) is 14.5. The summed E-state index contributed by atoms with van der Waals surface area (Å²) in [6, 6.07) is 25.5. The largest absolute Gasteiger partial charge is 0.464 e. The van der Waals surface area contributed by atoms with Crippen molar-refractivity contribution in [1.29, 1.82) is 0 Å². The number of nitrogens with zero attached hydrogens (tertiary/aromatic N) is 5. The first kappa shape index (κ1) is 33.9. The zero-order valence-corrected chi connectivity index (χ0v) is 27.0. The maximum Gasteiger partial charge on any atom is 0.305 e. The summed E-state index contributed by atoms with van der Waals surface area (Å²) in [5.41, 5.74) is 3.68. The van der Waals surface area contributed by atoms with Crippen LogP contribution in [0.4, 0.5) is 17.3 Å². The van der Waals surface area contributed by atoms with Crippen LogP contribution in [-0.4, -0.2) is 68.6 Å². The molecule has 4 rings (SSSR count). The second kappa shape index (κ2) is 17.5. The minimum atomic E-state index is -4.06. The van der Waals surface area contributed by atoms with Gasteiger partial charge in [-0.1, -0.05) is 42.5 Å². The number of hydrogen-bond acceptors (Lipinski definition) is 8.